The molecule has 0 spiro atoms. The SMILES string of the molecule is CN(Cc1cccc(Br)c1)C(CN)CNC(=O)OC(C)(C)C. The van der Waals surface area contributed by atoms with Gasteiger partial charge in [0.25, 0.3) is 0 Å². The molecule has 5 nitrogen and oxygen atoms in total. The summed E-state index contributed by atoms with van der Waals surface area (Å²) in [7, 11) is 2.00. The van der Waals surface area contributed by atoms with E-state index in [4.69, 9.17) is 10.5 Å². The number of alkyl carbamates (subject to hydrolysis) is 1. The topological polar surface area (TPSA) is 67.6 Å². The zero-order valence-electron chi connectivity index (χ0n) is 13.7. The Morgan fingerprint density at radius 2 is 2.14 bits per heavy atom. The second kappa shape index (κ2) is 8.50. The van der Waals surface area contributed by atoms with Gasteiger partial charge < -0.3 is 15.8 Å². The summed E-state index contributed by atoms with van der Waals surface area (Å²) in [6.07, 6.45) is -0.415. The second-order valence-electron chi connectivity index (χ2n) is 6.32. The Labute approximate surface area is 141 Å². The third-order valence-corrected chi connectivity index (χ3v) is 3.59. The number of hydrogen-bond acceptors (Lipinski definition) is 4. The van der Waals surface area contributed by atoms with E-state index in [-0.39, 0.29) is 6.04 Å². The standard InChI is InChI=1S/C16H26BrN3O2/c1-16(2,3)22-15(21)19-10-14(9-18)20(4)11-12-6-5-7-13(17)8-12/h5-8,14H,9-11,18H2,1-4H3,(H,19,21). The van der Waals surface area contributed by atoms with Crippen LogP contribution in [-0.2, 0) is 11.3 Å². The number of hydrogen-bond donors (Lipinski definition) is 2. The molecule has 1 unspecified atom stereocenters. The minimum Gasteiger partial charge on any atom is -0.444 e. The summed E-state index contributed by atoms with van der Waals surface area (Å²) in [6, 6.07) is 8.19. The third-order valence-electron chi connectivity index (χ3n) is 3.10. The predicted octanol–water partition coefficient (Wildman–Crippen LogP) is 2.73. The number of halogens is 1. The quantitative estimate of drug-likeness (QED) is 0.806. The van der Waals surface area contributed by atoms with E-state index in [1.165, 1.54) is 5.56 Å². The molecule has 22 heavy (non-hydrogen) atoms. The van der Waals surface area contributed by atoms with Gasteiger partial charge in [-0.3, -0.25) is 4.90 Å². The Balaban J connectivity index is 2.51. The van der Waals surface area contributed by atoms with Gasteiger partial charge in [0.1, 0.15) is 5.60 Å². The summed E-state index contributed by atoms with van der Waals surface area (Å²) in [6.45, 7) is 7.19. The Kier molecular flexibility index (Phi) is 7.32. The van der Waals surface area contributed by atoms with Gasteiger partial charge in [-0.05, 0) is 45.5 Å². The fourth-order valence-corrected chi connectivity index (χ4v) is 2.43. The molecular weight excluding hydrogens is 346 g/mol. The molecule has 0 aliphatic heterocycles. The monoisotopic (exact) mass is 371 g/mol. The summed E-state index contributed by atoms with van der Waals surface area (Å²) < 4.78 is 6.28. The number of carbonyl (C=O) groups excluding carboxylic acids is 1. The highest BCUT2D eigenvalue weighted by Crippen LogP contribution is 2.14. The number of rotatable bonds is 6. The lowest BCUT2D eigenvalue weighted by Crippen LogP contribution is -2.47. The number of benzene rings is 1. The summed E-state index contributed by atoms with van der Waals surface area (Å²) >= 11 is 3.47. The molecule has 1 rings (SSSR count). The first-order valence-electron chi connectivity index (χ1n) is 7.33. The van der Waals surface area contributed by atoms with Crippen molar-refractivity contribution in [3.05, 3.63) is 34.3 Å². The highest BCUT2D eigenvalue weighted by atomic mass is 79.9. The van der Waals surface area contributed by atoms with Crippen molar-refractivity contribution in [1.29, 1.82) is 0 Å². The average molecular weight is 372 g/mol. The van der Waals surface area contributed by atoms with Crippen LogP contribution in [0.15, 0.2) is 28.7 Å². The van der Waals surface area contributed by atoms with Crippen LogP contribution in [0.1, 0.15) is 26.3 Å². The molecule has 1 aromatic rings. The smallest absolute Gasteiger partial charge is 0.407 e. The molecule has 0 aromatic heterocycles. The van der Waals surface area contributed by atoms with Crippen LogP contribution in [0.3, 0.4) is 0 Å². The van der Waals surface area contributed by atoms with Gasteiger partial charge in [-0.15, -0.1) is 0 Å². The van der Waals surface area contributed by atoms with Crippen LogP contribution in [0, 0.1) is 0 Å². The van der Waals surface area contributed by atoms with E-state index in [0.717, 1.165) is 11.0 Å². The van der Waals surface area contributed by atoms with Crippen molar-refractivity contribution < 1.29 is 9.53 Å². The molecule has 0 saturated carbocycles. The average Bonchev–Trinajstić information content (AvgIpc) is 2.37. The maximum atomic E-state index is 11.7. The largest absolute Gasteiger partial charge is 0.444 e. The maximum absolute atomic E-state index is 11.7. The zero-order chi connectivity index (χ0) is 16.8. The maximum Gasteiger partial charge on any atom is 0.407 e. The number of carbonyl (C=O) groups is 1. The second-order valence-corrected chi connectivity index (χ2v) is 7.23. The van der Waals surface area contributed by atoms with Gasteiger partial charge in [-0.2, -0.15) is 0 Å². The molecule has 1 aromatic carbocycles. The number of likely N-dealkylation sites (N-methyl/N-ethyl adjacent to an activating group) is 1. The van der Waals surface area contributed by atoms with E-state index in [9.17, 15) is 4.79 Å². The molecule has 0 fully saturated rings. The molecule has 0 saturated heterocycles. The minimum atomic E-state index is -0.496. The minimum absolute atomic E-state index is 0.0477. The van der Waals surface area contributed by atoms with Gasteiger partial charge in [0.05, 0.1) is 0 Å². The van der Waals surface area contributed by atoms with Gasteiger partial charge in [-0.1, -0.05) is 28.1 Å². The molecule has 1 amide bonds. The van der Waals surface area contributed by atoms with Crippen LogP contribution in [-0.4, -0.2) is 42.8 Å². The van der Waals surface area contributed by atoms with E-state index in [1.807, 2.05) is 40.0 Å². The molecule has 0 heterocycles. The fourth-order valence-electron chi connectivity index (χ4n) is 1.99. The molecule has 0 radical (unpaired) electrons. The fraction of sp³-hybridized carbons (Fsp3) is 0.562. The summed E-state index contributed by atoms with van der Waals surface area (Å²) in [5.41, 5.74) is 6.52. The first kappa shape index (κ1) is 18.9. The van der Waals surface area contributed by atoms with Crippen LogP contribution in [0.5, 0.6) is 0 Å². The van der Waals surface area contributed by atoms with Crippen molar-refractivity contribution >= 4 is 22.0 Å². The summed E-state index contributed by atoms with van der Waals surface area (Å²) in [5.74, 6) is 0. The van der Waals surface area contributed by atoms with Gasteiger partial charge in [0.2, 0.25) is 0 Å². The van der Waals surface area contributed by atoms with Crippen LogP contribution < -0.4 is 11.1 Å². The molecule has 6 heteroatoms. The van der Waals surface area contributed by atoms with E-state index in [2.05, 4.69) is 38.3 Å². The van der Waals surface area contributed by atoms with E-state index in [0.29, 0.717) is 13.1 Å². The van der Waals surface area contributed by atoms with Crippen molar-refractivity contribution in [3.8, 4) is 0 Å². The molecular formula is C16H26BrN3O2. The molecule has 0 aliphatic carbocycles. The lowest BCUT2D eigenvalue weighted by atomic mass is 10.2. The van der Waals surface area contributed by atoms with Crippen molar-refractivity contribution in [1.82, 2.24) is 10.2 Å². The Morgan fingerprint density at radius 3 is 2.68 bits per heavy atom. The van der Waals surface area contributed by atoms with Crippen molar-refractivity contribution in [2.45, 2.75) is 39.0 Å². The van der Waals surface area contributed by atoms with Gasteiger partial charge in [0.15, 0.2) is 0 Å². The predicted molar refractivity (Wildman–Crippen MR) is 92.7 cm³/mol. The van der Waals surface area contributed by atoms with Crippen LogP contribution in [0.4, 0.5) is 4.79 Å². The van der Waals surface area contributed by atoms with E-state index in [1.54, 1.807) is 0 Å². The number of ether oxygens (including phenoxy) is 1. The zero-order valence-corrected chi connectivity index (χ0v) is 15.3. The molecule has 0 aliphatic rings. The van der Waals surface area contributed by atoms with Gasteiger partial charge in [-0.25, -0.2) is 4.79 Å². The number of nitrogens with one attached hydrogen (secondary N) is 1. The highest BCUT2D eigenvalue weighted by molar-refractivity contribution is 9.10. The lowest BCUT2D eigenvalue weighted by molar-refractivity contribution is 0.0511. The summed E-state index contributed by atoms with van der Waals surface area (Å²) in [4.78, 5) is 13.8. The van der Waals surface area contributed by atoms with Gasteiger partial charge in [0, 0.05) is 30.1 Å². The van der Waals surface area contributed by atoms with Crippen LogP contribution >= 0.6 is 15.9 Å². The Bertz CT molecular complexity index is 489. The normalized spacial score (nSPS) is 13.0. The molecule has 3 N–H and O–H groups in total. The van der Waals surface area contributed by atoms with Crippen molar-refractivity contribution in [2.75, 3.05) is 20.1 Å². The molecule has 124 valence electrons. The Morgan fingerprint density at radius 1 is 1.45 bits per heavy atom. The third kappa shape index (κ3) is 7.24. The van der Waals surface area contributed by atoms with Crippen molar-refractivity contribution in [2.24, 2.45) is 5.73 Å². The van der Waals surface area contributed by atoms with Crippen LogP contribution in [0.25, 0.3) is 0 Å². The number of amides is 1. The molecule has 1 atom stereocenters. The van der Waals surface area contributed by atoms with Crippen molar-refractivity contribution in [3.63, 3.8) is 0 Å². The van der Waals surface area contributed by atoms with Gasteiger partial charge >= 0.3 is 6.09 Å². The first-order valence-corrected chi connectivity index (χ1v) is 8.12. The summed E-state index contributed by atoms with van der Waals surface area (Å²) in [5, 5.41) is 2.78. The number of nitrogens with zero attached hydrogens (tertiary/aromatic N) is 1. The molecule has 0 bridgehead atoms. The van der Waals surface area contributed by atoms with Crippen LogP contribution in [0.2, 0.25) is 0 Å². The number of nitrogens with two attached hydrogens (primary N) is 1. The van der Waals surface area contributed by atoms with E-state index < -0.39 is 11.7 Å². The highest BCUT2D eigenvalue weighted by Gasteiger charge is 2.19. The first-order chi connectivity index (χ1) is 10.2. The Hall–Kier alpha value is -1.11. The lowest BCUT2D eigenvalue weighted by Gasteiger charge is -2.28. The van der Waals surface area contributed by atoms with E-state index >= 15 is 0 Å².